The first-order chi connectivity index (χ1) is 12.7. The van der Waals surface area contributed by atoms with Gasteiger partial charge in [-0.1, -0.05) is 25.0 Å². The van der Waals surface area contributed by atoms with Crippen molar-refractivity contribution in [1.29, 1.82) is 5.26 Å². The molecule has 2 aliphatic rings. The summed E-state index contributed by atoms with van der Waals surface area (Å²) in [5.74, 6) is 0.596. The molecule has 0 radical (unpaired) electrons. The number of carbonyl (C=O) groups excluding carboxylic acids is 1. The van der Waals surface area contributed by atoms with Crippen LogP contribution < -0.4 is 5.56 Å². The van der Waals surface area contributed by atoms with Gasteiger partial charge in [-0.2, -0.15) is 10.4 Å². The van der Waals surface area contributed by atoms with Crippen LogP contribution in [0.4, 0.5) is 0 Å². The minimum absolute atomic E-state index is 0.00291. The molecule has 1 saturated carbocycles. The normalized spacial score (nSPS) is 20.6. The van der Waals surface area contributed by atoms with Crippen molar-refractivity contribution in [3.05, 3.63) is 39.3 Å². The molecular formula is C20H21N3O3. The minimum Gasteiger partial charge on any atom is -0.466 e. The molecule has 2 atom stereocenters. The van der Waals surface area contributed by atoms with Crippen molar-refractivity contribution in [2.45, 2.75) is 57.4 Å². The second-order valence-corrected chi connectivity index (χ2v) is 7.04. The highest BCUT2D eigenvalue weighted by Gasteiger charge is 2.41. The fraction of sp³-hybridized carbons (Fsp3) is 0.500. The fourth-order valence-corrected chi connectivity index (χ4v) is 4.61. The van der Waals surface area contributed by atoms with Crippen LogP contribution >= 0.6 is 0 Å². The molecule has 1 aromatic heterocycles. The van der Waals surface area contributed by atoms with E-state index in [1.54, 1.807) is 6.92 Å². The molecule has 2 unspecified atom stereocenters. The van der Waals surface area contributed by atoms with Crippen molar-refractivity contribution >= 4 is 16.7 Å². The van der Waals surface area contributed by atoms with Crippen LogP contribution in [0.5, 0.6) is 0 Å². The number of esters is 1. The molecule has 2 aromatic rings. The van der Waals surface area contributed by atoms with Gasteiger partial charge < -0.3 is 4.74 Å². The van der Waals surface area contributed by atoms with Crippen molar-refractivity contribution < 1.29 is 9.53 Å². The lowest BCUT2D eigenvalue weighted by Crippen LogP contribution is -2.32. The average molecular weight is 351 g/mol. The molecule has 0 saturated heterocycles. The summed E-state index contributed by atoms with van der Waals surface area (Å²) in [7, 11) is 0. The summed E-state index contributed by atoms with van der Waals surface area (Å²) in [6.45, 7) is 1.93. The van der Waals surface area contributed by atoms with Gasteiger partial charge in [0.2, 0.25) is 0 Å². The number of aromatic nitrogens is 2. The maximum absolute atomic E-state index is 13.0. The second-order valence-electron chi connectivity index (χ2n) is 7.04. The Bertz CT molecular complexity index is 986. The van der Waals surface area contributed by atoms with E-state index in [9.17, 15) is 9.59 Å². The first-order valence-corrected chi connectivity index (χ1v) is 9.24. The number of benzene rings is 1. The van der Waals surface area contributed by atoms with Gasteiger partial charge in [-0.25, -0.2) is 4.68 Å². The van der Waals surface area contributed by atoms with E-state index >= 15 is 0 Å². The lowest BCUT2D eigenvalue weighted by Gasteiger charge is -2.44. The summed E-state index contributed by atoms with van der Waals surface area (Å²) in [6, 6.07) is 6.00. The zero-order valence-corrected chi connectivity index (χ0v) is 14.8. The Kier molecular flexibility index (Phi) is 4.23. The quantitative estimate of drug-likeness (QED) is 0.791. The number of hydrogen-bond acceptors (Lipinski definition) is 5. The molecule has 0 bridgehead atoms. The third-order valence-electron chi connectivity index (χ3n) is 5.65. The van der Waals surface area contributed by atoms with Crippen molar-refractivity contribution in [2.75, 3.05) is 6.61 Å². The molecule has 0 N–H and O–H groups in total. The molecule has 1 fully saturated rings. The Balaban J connectivity index is 1.92. The number of carbonyl (C=O) groups is 1. The van der Waals surface area contributed by atoms with Crippen molar-refractivity contribution in [1.82, 2.24) is 9.78 Å². The van der Waals surface area contributed by atoms with Gasteiger partial charge in [0.25, 0.3) is 5.56 Å². The highest BCUT2D eigenvalue weighted by Crippen LogP contribution is 2.56. The molecule has 26 heavy (non-hydrogen) atoms. The lowest BCUT2D eigenvalue weighted by atomic mass is 9.60. The smallest absolute Gasteiger partial charge is 0.311 e. The maximum Gasteiger partial charge on any atom is 0.311 e. The third-order valence-corrected chi connectivity index (χ3v) is 5.65. The van der Waals surface area contributed by atoms with Gasteiger partial charge in [0, 0.05) is 5.39 Å². The van der Waals surface area contributed by atoms with Gasteiger partial charge in [-0.3, -0.25) is 9.59 Å². The van der Waals surface area contributed by atoms with E-state index in [0.717, 1.165) is 17.4 Å². The maximum atomic E-state index is 13.0. The molecule has 2 aliphatic carbocycles. The van der Waals surface area contributed by atoms with E-state index in [0.29, 0.717) is 29.5 Å². The van der Waals surface area contributed by atoms with E-state index < -0.39 is 0 Å². The van der Waals surface area contributed by atoms with Crippen LogP contribution in [0.3, 0.4) is 0 Å². The SMILES string of the molecule is CCOC(=O)Cc1nn(CC#N)c(=O)c2c3c(ccc12)C1CCCCC31. The predicted molar refractivity (Wildman–Crippen MR) is 95.9 cm³/mol. The average Bonchev–Trinajstić information content (AvgIpc) is 2.62. The standard InChI is InChI=1S/C20H21N3O3/c1-2-26-17(24)11-16-15-8-7-14-12-5-3-4-6-13(12)18(14)19(15)20(25)23(22-16)10-9-21/h7-8,12-13H,2-6,10-11H2,1H3. The molecule has 4 rings (SSSR count). The van der Waals surface area contributed by atoms with E-state index in [-0.39, 0.29) is 24.5 Å². The van der Waals surface area contributed by atoms with Crippen LogP contribution in [0.15, 0.2) is 16.9 Å². The molecule has 134 valence electrons. The first-order valence-electron chi connectivity index (χ1n) is 9.24. The summed E-state index contributed by atoms with van der Waals surface area (Å²) in [4.78, 5) is 25.0. The van der Waals surface area contributed by atoms with Crippen LogP contribution in [-0.2, 0) is 22.5 Å². The molecule has 0 amide bonds. The number of ether oxygens (including phenoxy) is 1. The summed E-state index contributed by atoms with van der Waals surface area (Å²) < 4.78 is 6.24. The third kappa shape index (κ3) is 2.50. The Morgan fingerprint density at radius 1 is 1.35 bits per heavy atom. The molecule has 0 spiro atoms. The number of rotatable bonds is 4. The highest BCUT2D eigenvalue weighted by atomic mass is 16.5. The Morgan fingerprint density at radius 2 is 2.12 bits per heavy atom. The van der Waals surface area contributed by atoms with Gasteiger partial charge >= 0.3 is 5.97 Å². The number of hydrogen-bond donors (Lipinski definition) is 0. The van der Waals surface area contributed by atoms with Crippen molar-refractivity contribution in [2.24, 2.45) is 0 Å². The largest absolute Gasteiger partial charge is 0.466 e. The number of fused-ring (bicyclic) bond motifs is 6. The van der Waals surface area contributed by atoms with Crippen LogP contribution in [0.2, 0.25) is 0 Å². The molecular weight excluding hydrogens is 330 g/mol. The van der Waals surface area contributed by atoms with E-state index in [1.165, 1.54) is 29.5 Å². The Morgan fingerprint density at radius 3 is 2.85 bits per heavy atom. The Hall–Kier alpha value is -2.68. The van der Waals surface area contributed by atoms with E-state index in [1.807, 2.05) is 12.1 Å². The summed E-state index contributed by atoms with van der Waals surface area (Å²) >= 11 is 0. The number of nitriles is 1. The van der Waals surface area contributed by atoms with Crippen LogP contribution in [-0.4, -0.2) is 22.4 Å². The fourth-order valence-electron chi connectivity index (χ4n) is 4.61. The molecule has 0 aliphatic heterocycles. The first kappa shape index (κ1) is 16.8. The van der Waals surface area contributed by atoms with Crippen molar-refractivity contribution in [3.8, 4) is 6.07 Å². The Labute approximate surface area is 151 Å². The molecule has 1 heterocycles. The van der Waals surface area contributed by atoms with Gasteiger partial charge in [0.05, 0.1) is 30.2 Å². The summed E-state index contributed by atoms with van der Waals surface area (Å²) in [5.41, 5.74) is 2.66. The van der Waals surface area contributed by atoms with Crippen LogP contribution in [0.1, 0.15) is 61.3 Å². The lowest BCUT2D eigenvalue weighted by molar-refractivity contribution is -0.142. The monoisotopic (exact) mass is 351 g/mol. The van der Waals surface area contributed by atoms with Gasteiger partial charge in [0.1, 0.15) is 6.54 Å². The zero-order valence-electron chi connectivity index (χ0n) is 14.8. The second kappa shape index (κ2) is 6.56. The number of nitrogens with zero attached hydrogens (tertiary/aromatic N) is 3. The van der Waals surface area contributed by atoms with Gasteiger partial charge in [0.15, 0.2) is 0 Å². The van der Waals surface area contributed by atoms with Gasteiger partial charge in [-0.05, 0) is 42.7 Å². The van der Waals surface area contributed by atoms with Gasteiger partial charge in [-0.15, -0.1) is 0 Å². The predicted octanol–water partition coefficient (Wildman–Crippen LogP) is 2.78. The topological polar surface area (TPSA) is 85.0 Å². The van der Waals surface area contributed by atoms with Crippen LogP contribution in [0.25, 0.3) is 10.8 Å². The van der Waals surface area contributed by atoms with E-state index in [2.05, 4.69) is 11.2 Å². The van der Waals surface area contributed by atoms with Crippen LogP contribution in [0, 0.1) is 11.3 Å². The molecule has 6 nitrogen and oxygen atoms in total. The minimum atomic E-state index is -0.373. The van der Waals surface area contributed by atoms with E-state index in [4.69, 9.17) is 10.00 Å². The highest BCUT2D eigenvalue weighted by molar-refractivity contribution is 5.92. The van der Waals surface area contributed by atoms with Crippen molar-refractivity contribution in [3.63, 3.8) is 0 Å². The summed E-state index contributed by atoms with van der Waals surface area (Å²) in [6.07, 6.45) is 4.70. The molecule has 1 aromatic carbocycles. The molecule has 6 heteroatoms. The zero-order chi connectivity index (χ0) is 18.3. The summed E-state index contributed by atoms with van der Waals surface area (Å²) in [5, 5.41) is 14.7.